The summed E-state index contributed by atoms with van der Waals surface area (Å²) in [6.07, 6.45) is 3.94. The maximum Gasteiger partial charge on any atom is 0.416 e. The minimum atomic E-state index is -1.22. The van der Waals surface area contributed by atoms with E-state index in [0.29, 0.717) is 0 Å². The molecule has 0 aromatic carbocycles. The molecule has 7 nitrogen and oxygen atoms in total. The quantitative estimate of drug-likeness (QED) is 0.845. The lowest BCUT2D eigenvalue weighted by atomic mass is 10.2. The van der Waals surface area contributed by atoms with Crippen molar-refractivity contribution in [1.82, 2.24) is 9.97 Å². The maximum absolute atomic E-state index is 12.6. The number of hydrogen-bond acceptors (Lipinski definition) is 5. The third-order valence-corrected chi connectivity index (χ3v) is 3.66. The number of anilines is 1. The van der Waals surface area contributed by atoms with Crippen molar-refractivity contribution in [3.63, 3.8) is 0 Å². The van der Waals surface area contributed by atoms with Crippen molar-refractivity contribution in [1.29, 1.82) is 0 Å². The number of ether oxygens (including phenoxy) is 1. The Bertz CT molecular complexity index is 609. The van der Waals surface area contributed by atoms with Crippen LogP contribution in [-0.2, 0) is 4.74 Å². The SMILES string of the molecule is CC(C)(C)OC(=O)N(c1nc(Cl)ncc1C(=O)O)C1CCCC1. The maximum atomic E-state index is 12.6. The molecule has 126 valence electrons. The standard InChI is InChI=1S/C15H20ClN3O4/c1-15(2,3)23-14(22)19(9-6-4-5-7-9)11-10(12(20)21)8-17-13(16)18-11/h8-9H,4-7H2,1-3H3,(H,20,21). The van der Waals surface area contributed by atoms with Crippen LogP contribution in [0.3, 0.4) is 0 Å². The Labute approximate surface area is 139 Å². The van der Waals surface area contributed by atoms with E-state index in [1.807, 2.05) is 0 Å². The van der Waals surface area contributed by atoms with Gasteiger partial charge in [-0.05, 0) is 45.2 Å². The molecule has 1 aromatic heterocycles. The van der Waals surface area contributed by atoms with Gasteiger partial charge in [-0.15, -0.1) is 0 Å². The molecule has 2 rings (SSSR count). The number of rotatable bonds is 3. The highest BCUT2D eigenvalue weighted by Crippen LogP contribution is 2.31. The van der Waals surface area contributed by atoms with Crippen molar-refractivity contribution in [2.75, 3.05) is 4.90 Å². The number of amides is 1. The molecule has 1 aliphatic rings. The molecule has 0 radical (unpaired) electrons. The number of carboxylic acid groups (broad SMARTS) is 1. The van der Waals surface area contributed by atoms with Gasteiger partial charge in [-0.3, -0.25) is 4.90 Å². The predicted molar refractivity (Wildman–Crippen MR) is 85.0 cm³/mol. The van der Waals surface area contributed by atoms with E-state index in [4.69, 9.17) is 16.3 Å². The molecule has 1 fully saturated rings. The van der Waals surface area contributed by atoms with Crippen LogP contribution in [0.25, 0.3) is 0 Å². The van der Waals surface area contributed by atoms with Crippen LogP contribution in [0.2, 0.25) is 5.28 Å². The molecule has 1 N–H and O–H groups in total. The summed E-state index contributed by atoms with van der Waals surface area (Å²) < 4.78 is 5.43. The molecular formula is C15H20ClN3O4. The minimum absolute atomic E-state index is 0.0151. The first-order valence-corrected chi connectivity index (χ1v) is 7.85. The van der Waals surface area contributed by atoms with Gasteiger partial charge in [-0.2, -0.15) is 4.98 Å². The monoisotopic (exact) mass is 341 g/mol. The second-order valence-corrected chi connectivity index (χ2v) is 6.81. The lowest BCUT2D eigenvalue weighted by Crippen LogP contribution is -2.43. The molecule has 1 saturated carbocycles. The summed E-state index contributed by atoms with van der Waals surface area (Å²) in [5.74, 6) is -1.23. The van der Waals surface area contributed by atoms with Crippen LogP contribution in [0, 0.1) is 0 Å². The molecule has 0 atom stereocenters. The Morgan fingerprint density at radius 2 is 1.96 bits per heavy atom. The third kappa shape index (κ3) is 4.31. The van der Waals surface area contributed by atoms with E-state index < -0.39 is 17.7 Å². The molecule has 1 amide bonds. The number of carbonyl (C=O) groups is 2. The lowest BCUT2D eigenvalue weighted by Gasteiger charge is -2.31. The molecule has 0 saturated heterocycles. The molecule has 23 heavy (non-hydrogen) atoms. The van der Waals surface area contributed by atoms with E-state index >= 15 is 0 Å². The summed E-state index contributed by atoms with van der Waals surface area (Å²) in [5.41, 5.74) is -0.874. The highest BCUT2D eigenvalue weighted by molar-refractivity contribution is 6.28. The van der Waals surface area contributed by atoms with E-state index in [1.165, 1.54) is 4.90 Å². The largest absolute Gasteiger partial charge is 0.477 e. The summed E-state index contributed by atoms with van der Waals surface area (Å²) in [4.78, 5) is 33.1. The topological polar surface area (TPSA) is 92.6 Å². The Morgan fingerprint density at radius 3 is 2.48 bits per heavy atom. The van der Waals surface area contributed by atoms with Gasteiger partial charge in [-0.1, -0.05) is 12.8 Å². The van der Waals surface area contributed by atoms with Gasteiger partial charge < -0.3 is 9.84 Å². The van der Waals surface area contributed by atoms with E-state index in [-0.39, 0.29) is 22.7 Å². The van der Waals surface area contributed by atoms with Crippen molar-refractivity contribution in [3.05, 3.63) is 17.0 Å². The van der Waals surface area contributed by atoms with Crippen LogP contribution in [0.15, 0.2) is 6.20 Å². The van der Waals surface area contributed by atoms with E-state index in [1.54, 1.807) is 20.8 Å². The van der Waals surface area contributed by atoms with Gasteiger partial charge in [0.05, 0.1) is 0 Å². The smallest absolute Gasteiger partial charge is 0.416 e. The number of aromatic nitrogens is 2. The van der Waals surface area contributed by atoms with Gasteiger partial charge in [0.2, 0.25) is 5.28 Å². The second-order valence-electron chi connectivity index (χ2n) is 6.47. The van der Waals surface area contributed by atoms with Crippen LogP contribution in [-0.4, -0.2) is 38.8 Å². The highest BCUT2D eigenvalue weighted by atomic mass is 35.5. The normalized spacial score (nSPS) is 15.5. The minimum Gasteiger partial charge on any atom is -0.477 e. The van der Waals surface area contributed by atoms with E-state index in [2.05, 4.69) is 9.97 Å². The second kappa shape index (κ2) is 6.70. The fourth-order valence-electron chi connectivity index (χ4n) is 2.57. The number of carbonyl (C=O) groups excluding carboxylic acids is 1. The number of carboxylic acids is 1. The van der Waals surface area contributed by atoms with Crippen molar-refractivity contribution in [3.8, 4) is 0 Å². The first-order chi connectivity index (χ1) is 10.7. The average Bonchev–Trinajstić information content (AvgIpc) is 2.90. The fourth-order valence-corrected chi connectivity index (χ4v) is 2.70. The van der Waals surface area contributed by atoms with Gasteiger partial charge in [-0.25, -0.2) is 14.6 Å². The molecule has 1 heterocycles. The first-order valence-electron chi connectivity index (χ1n) is 7.47. The highest BCUT2D eigenvalue weighted by Gasteiger charge is 2.35. The summed E-state index contributed by atoms with van der Waals surface area (Å²) in [7, 11) is 0. The van der Waals surface area contributed by atoms with Crippen LogP contribution in [0.5, 0.6) is 0 Å². The summed E-state index contributed by atoms with van der Waals surface area (Å²) in [6, 6.07) is -0.158. The van der Waals surface area contributed by atoms with E-state index in [0.717, 1.165) is 31.9 Å². The number of nitrogens with zero attached hydrogens (tertiary/aromatic N) is 3. The molecule has 0 aliphatic heterocycles. The molecule has 0 spiro atoms. The Hall–Kier alpha value is -1.89. The Morgan fingerprint density at radius 1 is 1.35 bits per heavy atom. The summed E-state index contributed by atoms with van der Waals surface area (Å²) >= 11 is 5.82. The zero-order chi connectivity index (χ0) is 17.2. The fraction of sp³-hybridized carbons (Fsp3) is 0.600. The summed E-state index contributed by atoms with van der Waals surface area (Å²) in [5, 5.41) is 9.25. The third-order valence-electron chi connectivity index (χ3n) is 3.48. The molecule has 8 heteroatoms. The molecule has 1 aromatic rings. The number of hydrogen-bond donors (Lipinski definition) is 1. The van der Waals surface area contributed by atoms with Crippen LogP contribution < -0.4 is 4.90 Å². The van der Waals surface area contributed by atoms with Crippen molar-refractivity contribution in [2.24, 2.45) is 0 Å². The van der Waals surface area contributed by atoms with Gasteiger partial charge in [0.25, 0.3) is 0 Å². The first kappa shape index (κ1) is 17.5. The predicted octanol–water partition coefficient (Wildman–Crippen LogP) is 3.51. The van der Waals surface area contributed by atoms with E-state index in [9.17, 15) is 14.7 Å². The average molecular weight is 342 g/mol. The molecular weight excluding hydrogens is 322 g/mol. The van der Waals surface area contributed by atoms with Crippen molar-refractivity contribution in [2.45, 2.75) is 58.1 Å². The van der Waals surface area contributed by atoms with Crippen LogP contribution in [0.1, 0.15) is 56.8 Å². The van der Waals surface area contributed by atoms with Crippen LogP contribution >= 0.6 is 11.6 Å². The van der Waals surface area contributed by atoms with Crippen LogP contribution in [0.4, 0.5) is 10.6 Å². The molecule has 1 aliphatic carbocycles. The summed E-state index contributed by atoms with van der Waals surface area (Å²) in [6.45, 7) is 5.26. The van der Waals surface area contributed by atoms with Gasteiger partial charge >= 0.3 is 12.1 Å². The lowest BCUT2D eigenvalue weighted by molar-refractivity contribution is 0.0564. The Balaban J connectivity index is 2.47. The van der Waals surface area contributed by atoms with Crippen molar-refractivity contribution < 1.29 is 19.4 Å². The zero-order valence-corrected chi connectivity index (χ0v) is 14.1. The van der Waals surface area contributed by atoms with Gasteiger partial charge in [0, 0.05) is 12.2 Å². The zero-order valence-electron chi connectivity index (χ0n) is 13.4. The number of halogens is 1. The molecule has 0 unspecified atom stereocenters. The van der Waals surface area contributed by atoms with Gasteiger partial charge in [0.1, 0.15) is 11.2 Å². The van der Waals surface area contributed by atoms with Crippen molar-refractivity contribution >= 4 is 29.5 Å². The Kier molecular flexibility index (Phi) is 5.09. The molecule has 0 bridgehead atoms. The number of aromatic carboxylic acids is 1. The van der Waals surface area contributed by atoms with Gasteiger partial charge in [0.15, 0.2) is 5.82 Å².